The van der Waals surface area contributed by atoms with Gasteiger partial charge in [0.2, 0.25) is 5.95 Å². The Morgan fingerprint density at radius 2 is 1.49 bits per heavy atom. The van der Waals surface area contributed by atoms with Crippen molar-refractivity contribution >= 4 is 5.95 Å². The smallest absolute Gasteiger partial charge is 0.392 e. The van der Waals surface area contributed by atoms with Gasteiger partial charge in [-0.15, -0.1) is 0 Å². The molecule has 1 aromatic heterocycles. The highest BCUT2D eigenvalue weighted by Gasteiger charge is 2.60. The third-order valence-electron chi connectivity index (χ3n) is 11.1. The standard InChI is InChI=1S/C39H54F3N3O2/c1-25(13-9-15-27(3)24-46)11-8-12-26(2)14-10-16-32-37(6)23-30-33(28-17-19-29(20-18-28)39(40,41)42)44-35(43)45-34(30)36(4,5)31(37)21-22-38(32,7)47/h11,14-15,17-20,31-32,46-47H,8-10,12-13,16,21-24H2,1-7H3,(H2,43,44,45)/b25-11+,26-14+,27-15+/t31-,32+,37-,38+/m0/s1. The van der Waals surface area contributed by atoms with Crippen molar-refractivity contribution in [1.29, 1.82) is 0 Å². The summed E-state index contributed by atoms with van der Waals surface area (Å²) in [4.78, 5) is 9.34. The number of aromatic nitrogens is 2. The van der Waals surface area contributed by atoms with Crippen LogP contribution in [0.2, 0.25) is 0 Å². The molecule has 47 heavy (non-hydrogen) atoms. The lowest BCUT2D eigenvalue weighted by Gasteiger charge is -2.61. The number of allylic oxidation sites excluding steroid dienone is 5. The Morgan fingerprint density at radius 3 is 2.06 bits per heavy atom. The molecule has 0 radical (unpaired) electrons. The molecule has 1 aromatic carbocycles. The topological polar surface area (TPSA) is 92.3 Å². The molecule has 0 aliphatic heterocycles. The summed E-state index contributed by atoms with van der Waals surface area (Å²) in [5.74, 6) is 0.353. The number of fused-ring (bicyclic) bond motifs is 2. The maximum atomic E-state index is 13.3. The maximum absolute atomic E-state index is 13.3. The van der Waals surface area contributed by atoms with Crippen molar-refractivity contribution < 1.29 is 23.4 Å². The molecular weight excluding hydrogens is 599 g/mol. The van der Waals surface area contributed by atoms with Crippen molar-refractivity contribution in [1.82, 2.24) is 9.97 Å². The number of hydrogen-bond donors (Lipinski definition) is 3. The predicted octanol–water partition coefficient (Wildman–Crippen LogP) is 9.53. The summed E-state index contributed by atoms with van der Waals surface area (Å²) in [7, 11) is 0. The number of halogens is 3. The lowest BCUT2D eigenvalue weighted by atomic mass is 9.44. The highest BCUT2D eigenvalue weighted by atomic mass is 19.4. The van der Waals surface area contributed by atoms with Crippen LogP contribution in [0, 0.1) is 17.3 Å². The van der Waals surface area contributed by atoms with Gasteiger partial charge in [-0.05, 0) is 115 Å². The zero-order valence-electron chi connectivity index (χ0n) is 29.3. The second-order valence-corrected chi connectivity index (χ2v) is 15.2. The fourth-order valence-electron chi connectivity index (χ4n) is 8.63. The molecule has 1 fully saturated rings. The van der Waals surface area contributed by atoms with Crippen LogP contribution in [0.4, 0.5) is 19.1 Å². The van der Waals surface area contributed by atoms with Crippen LogP contribution in [-0.2, 0) is 18.0 Å². The number of nitrogens with two attached hydrogens (primary N) is 1. The molecule has 0 unspecified atom stereocenters. The Balaban J connectivity index is 1.57. The summed E-state index contributed by atoms with van der Waals surface area (Å²) in [5.41, 5.74) is 10.7. The molecule has 0 amide bonds. The summed E-state index contributed by atoms with van der Waals surface area (Å²) in [6, 6.07) is 5.13. The molecule has 8 heteroatoms. The maximum Gasteiger partial charge on any atom is 0.416 e. The number of anilines is 1. The van der Waals surface area contributed by atoms with E-state index in [4.69, 9.17) is 15.8 Å². The van der Waals surface area contributed by atoms with Crippen molar-refractivity contribution in [2.75, 3.05) is 12.3 Å². The Bertz CT molecular complexity index is 1500. The van der Waals surface area contributed by atoms with Gasteiger partial charge in [0, 0.05) is 16.5 Å². The van der Waals surface area contributed by atoms with Crippen molar-refractivity contribution in [3.8, 4) is 11.3 Å². The summed E-state index contributed by atoms with van der Waals surface area (Å²) in [5, 5.41) is 21.0. The largest absolute Gasteiger partial charge is 0.416 e. The second-order valence-electron chi connectivity index (χ2n) is 15.2. The van der Waals surface area contributed by atoms with E-state index >= 15 is 0 Å². The molecule has 4 N–H and O–H groups in total. The predicted molar refractivity (Wildman–Crippen MR) is 185 cm³/mol. The van der Waals surface area contributed by atoms with E-state index in [2.05, 4.69) is 57.8 Å². The van der Waals surface area contributed by atoms with Crippen molar-refractivity contribution in [3.05, 3.63) is 76.0 Å². The molecule has 2 aliphatic rings. The molecule has 1 heterocycles. The number of alkyl halides is 3. The summed E-state index contributed by atoms with van der Waals surface area (Å²) < 4.78 is 40.0. The van der Waals surface area contributed by atoms with Crippen LogP contribution in [0.1, 0.15) is 117 Å². The number of benzene rings is 1. The second kappa shape index (κ2) is 14.3. The lowest BCUT2D eigenvalue weighted by Crippen LogP contribution is -2.60. The molecule has 5 nitrogen and oxygen atoms in total. The lowest BCUT2D eigenvalue weighted by molar-refractivity contribution is -0.144. The van der Waals surface area contributed by atoms with Crippen LogP contribution >= 0.6 is 0 Å². The Kier molecular flexibility index (Phi) is 11.2. The minimum Gasteiger partial charge on any atom is -0.392 e. The van der Waals surface area contributed by atoms with Gasteiger partial charge in [-0.25, -0.2) is 9.97 Å². The van der Waals surface area contributed by atoms with Crippen molar-refractivity contribution in [3.63, 3.8) is 0 Å². The van der Waals surface area contributed by atoms with Crippen LogP contribution in [0.5, 0.6) is 0 Å². The highest BCUT2D eigenvalue weighted by molar-refractivity contribution is 5.67. The molecule has 0 bridgehead atoms. The minimum atomic E-state index is -4.42. The third kappa shape index (κ3) is 8.19. The SMILES string of the molecule is C/C(=C\CC/C(C)=C/CC/C(C)=C/CC[C@@H]1[C@@]2(C)Cc3c(-c4ccc(C(F)(F)F)cc4)nc(N)nc3C(C)(C)[C@@H]2CC[C@@]1(C)O)CO. The van der Waals surface area contributed by atoms with Crippen LogP contribution in [0.3, 0.4) is 0 Å². The number of nitrogens with zero attached hydrogens (tertiary/aromatic N) is 2. The summed E-state index contributed by atoms with van der Waals surface area (Å²) >= 11 is 0. The summed E-state index contributed by atoms with van der Waals surface area (Å²) in [6.07, 6.45) is 10.1. The minimum absolute atomic E-state index is 0.000746. The number of nitrogen functional groups attached to an aromatic ring is 1. The van der Waals surface area contributed by atoms with Crippen LogP contribution in [0.25, 0.3) is 11.3 Å². The van der Waals surface area contributed by atoms with Gasteiger partial charge >= 0.3 is 6.18 Å². The highest BCUT2D eigenvalue weighted by Crippen LogP contribution is 2.62. The summed E-state index contributed by atoms with van der Waals surface area (Å²) in [6.45, 7) is 15.0. The van der Waals surface area contributed by atoms with Crippen LogP contribution in [0.15, 0.2) is 59.2 Å². The first kappa shape index (κ1) is 36.9. The molecule has 4 rings (SSSR count). The van der Waals surface area contributed by atoms with Gasteiger partial charge in [-0.2, -0.15) is 13.2 Å². The number of aliphatic hydroxyl groups excluding tert-OH is 1. The number of rotatable bonds is 11. The normalized spacial score (nSPS) is 26.6. The van der Waals surface area contributed by atoms with Gasteiger partial charge in [0.1, 0.15) is 0 Å². The first-order valence-corrected chi connectivity index (χ1v) is 17.0. The van der Waals surface area contributed by atoms with E-state index in [1.165, 1.54) is 23.3 Å². The Labute approximate surface area is 279 Å². The van der Waals surface area contributed by atoms with Crippen molar-refractivity contribution in [2.45, 2.75) is 123 Å². The molecule has 258 valence electrons. The van der Waals surface area contributed by atoms with Crippen LogP contribution in [-0.4, -0.2) is 32.4 Å². The van der Waals surface area contributed by atoms with Gasteiger partial charge in [0.25, 0.3) is 0 Å². The van der Waals surface area contributed by atoms with Crippen LogP contribution < -0.4 is 5.73 Å². The van der Waals surface area contributed by atoms with E-state index in [1.807, 2.05) is 13.8 Å². The average Bonchev–Trinajstić information content (AvgIpc) is 2.98. The van der Waals surface area contributed by atoms with Gasteiger partial charge < -0.3 is 15.9 Å². The molecule has 2 aliphatic carbocycles. The third-order valence-corrected chi connectivity index (χ3v) is 11.1. The molecule has 0 saturated heterocycles. The van der Waals surface area contributed by atoms with Crippen molar-refractivity contribution in [2.24, 2.45) is 17.3 Å². The van der Waals surface area contributed by atoms with Gasteiger partial charge in [0.05, 0.1) is 29.2 Å². The van der Waals surface area contributed by atoms with E-state index in [-0.39, 0.29) is 35.2 Å². The Morgan fingerprint density at radius 1 is 0.915 bits per heavy atom. The molecular formula is C39H54F3N3O2. The first-order chi connectivity index (χ1) is 21.9. The first-order valence-electron chi connectivity index (χ1n) is 17.0. The van der Waals surface area contributed by atoms with E-state index < -0.39 is 17.3 Å². The monoisotopic (exact) mass is 653 g/mol. The zero-order chi connectivity index (χ0) is 34.8. The molecule has 1 saturated carbocycles. The fraction of sp³-hybridized carbons (Fsp3) is 0.590. The average molecular weight is 654 g/mol. The zero-order valence-corrected chi connectivity index (χ0v) is 29.3. The molecule has 2 aromatic rings. The van der Waals surface area contributed by atoms with E-state index in [1.54, 1.807) is 0 Å². The number of aliphatic hydroxyl groups is 2. The van der Waals surface area contributed by atoms with Gasteiger partial charge in [-0.3, -0.25) is 0 Å². The van der Waals surface area contributed by atoms with E-state index in [9.17, 15) is 18.3 Å². The van der Waals surface area contributed by atoms with Gasteiger partial charge in [-0.1, -0.05) is 67.9 Å². The fourth-order valence-corrected chi connectivity index (χ4v) is 8.63. The van der Waals surface area contributed by atoms with E-state index in [0.717, 1.165) is 73.9 Å². The molecule has 0 spiro atoms. The molecule has 4 atom stereocenters. The number of hydrogen-bond acceptors (Lipinski definition) is 5. The van der Waals surface area contributed by atoms with Gasteiger partial charge in [0.15, 0.2) is 0 Å². The quantitative estimate of drug-likeness (QED) is 0.210. The van der Waals surface area contributed by atoms with E-state index in [0.29, 0.717) is 24.1 Å². The Hall–Kier alpha value is -2.97.